The van der Waals surface area contributed by atoms with Gasteiger partial charge in [-0.25, -0.2) is 0 Å². The molecule has 3 heteroatoms. The number of hydrogen-bond acceptors (Lipinski definition) is 3. The van der Waals surface area contributed by atoms with Crippen molar-refractivity contribution in [2.24, 2.45) is 0 Å². The summed E-state index contributed by atoms with van der Waals surface area (Å²) in [6.07, 6.45) is 2.92. The number of fused-ring (bicyclic) bond motifs is 1. The van der Waals surface area contributed by atoms with Crippen LogP contribution in [0.5, 0.6) is 11.5 Å². The molecule has 0 aliphatic carbocycles. The minimum atomic E-state index is 0.303. The van der Waals surface area contributed by atoms with E-state index >= 15 is 0 Å². The maximum Gasteiger partial charge on any atom is 0.161 e. The van der Waals surface area contributed by atoms with Crippen LogP contribution in [0.2, 0.25) is 0 Å². The Kier molecular flexibility index (Phi) is 4.02. The molecule has 1 aromatic carbocycles. The molecule has 1 aliphatic heterocycles. The van der Waals surface area contributed by atoms with Crippen molar-refractivity contribution >= 4 is 5.78 Å². The zero-order chi connectivity index (χ0) is 12.1. The Hall–Kier alpha value is -1.51. The number of ketones is 1. The molecular formula is C14H18O3. The number of Topliss-reactive ketones (excluding diaryl/α,β-unsaturated/α-hetero) is 1. The molecule has 1 aromatic rings. The summed E-state index contributed by atoms with van der Waals surface area (Å²) in [5, 5.41) is 0. The second kappa shape index (κ2) is 5.71. The van der Waals surface area contributed by atoms with E-state index < -0.39 is 0 Å². The molecule has 1 aliphatic rings. The molecule has 0 saturated heterocycles. The van der Waals surface area contributed by atoms with E-state index in [1.54, 1.807) is 0 Å². The maximum absolute atomic E-state index is 11.3. The summed E-state index contributed by atoms with van der Waals surface area (Å²) in [6.45, 7) is 3.31. The molecule has 0 bridgehead atoms. The average molecular weight is 234 g/mol. The second-order valence-corrected chi connectivity index (χ2v) is 4.22. The summed E-state index contributed by atoms with van der Waals surface area (Å²) >= 11 is 0. The third-order valence-corrected chi connectivity index (χ3v) is 2.90. The van der Waals surface area contributed by atoms with Crippen LogP contribution in [0.25, 0.3) is 0 Å². The van der Waals surface area contributed by atoms with Crippen molar-refractivity contribution in [3.8, 4) is 11.5 Å². The lowest BCUT2D eigenvalue weighted by Gasteiger charge is -2.08. The topological polar surface area (TPSA) is 35.5 Å². The molecule has 1 heterocycles. The fourth-order valence-electron chi connectivity index (χ4n) is 1.82. The van der Waals surface area contributed by atoms with Gasteiger partial charge in [0.1, 0.15) is 5.78 Å². The SMILES string of the molecule is CCC(=O)CCc1ccc2c(c1)OCCCO2. The van der Waals surface area contributed by atoms with Gasteiger partial charge in [-0.2, -0.15) is 0 Å². The molecule has 0 saturated carbocycles. The summed E-state index contributed by atoms with van der Waals surface area (Å²) in [5.74, 6) is 1.93. The number of rotatable bonds is 4. The van der Waals surface area contributed by atoms with Crippen LogP contribution in [0.3, 0.4) is 0 Å². The first-order valence-electron chi connectivity index (χ1n) is 6.20. The van der Waals surface area contributed by atoms with Crippen LogP contribution in [-0.2, 0) is 11.2 Å². The molecule has 0 unspecified atom stereocenters. The van der Waals surface area contributed by atoms with Crippen LogP contribution in [-0.4, -0.2) is 19.0 Å². The summed E-state index contributed by atoms with van der Waals surface area (Å²) in [5.41, 5.74) is 1.14. The van der Waals surface area contributed by atoms with Crippen LogP contribution in [0.1, 0.15) is 31.7 Å². The van der Waals surface area contributed by atoms with Gasteiger partial charge in [-0.05, 0) is 24.1 Å². The first-order chi connectivity index (χ1) is 8.29. The van der Waals surface area contributed by atoms with Gasteiger partial charge in [0.05, 0.1) is 13.2 Å². The van der Waals surface area contributed by atoms with Gasteiger partial charge in [0.25, 0.3) is 0 Å². The van der Waals surface area contributed by atoms with Gasteiger partial charge >= 0.3 is 0 Å². The van der Waals surface area contributed by atoms with Gasteiger partial charge in [0.15, 0.2) is 11.5 Å². The average Bonchev–Trinajstić information content (AvgIpc) is 2.60. The Balaban J connectivity index is 2.04. The highest BCUT2D eigenvalue weighted by molar-refractivity contribution is 5.78. The Bertz CT molecular complexity index is 398. The predicted molar refractivity (Wildman–Crippen MR) is 65.7 cm³/mol. The molecule has 2 rings (SSSR count). The maximum atomic E-state index is 11.3. The Labute approximate surface area is 102 Å². The van der Waals surface area contributed by atoms with E-state index in [9.17, 15) is 4.79 Å². The summed E-state index contributed by atoms with van der Waals surface area (Å²) in [7, 11) is 0. The van der Waals surface area contributed by atoms with Gasteiger partial charge in [-0.1, -0.05) is 13.0 Å². The van der Waals surface area contributed by atoms with E-state index in [0.29, 0.717) is 31.8 Å². The van der Waals surface area contributed by atoms with Crippen LogP contribution in [0, 0.1) is 0 Å². The van der Waals surface area contributed by atoms with Gasteiger partial charge in [0.2, 0.25) is 0 Å². The van der Waals surface area contributed by atoms with Crippen molar-refractivity contribution in [1.82, 2.24) is 0 Å². The van der Waals surface area contributed by atoms with E-state index in [4.69, 9.17) is 9.47 Å². The lowest BCUT2D eigenvalue weighted by atomic mass is 10.1. The van der Waals surface area contributed by atoms with Crippen molar-refractivity contribution in [2.45, 2.75) is 32.6 Å². The van der Waals surface area contributed by atoms with Crippen molar-refractivity contribution in [3.63, 3.8) is 0 Å². The standard InChI is InChI=1S/C14H18O3/c1-2-12(15)6-4-11-5-7-13-14(10-11)17-9-3-8-16-13/h5,7,10H,2-4,6,8-9H2,1H3. The van der Waals surface area contributed by atoms with E-state index in [-0.39, 0.29) is 0 Å². The minimum absolute atomic E-state index is 0.303. The molecule has 0 radical (unpaired) electrons. The molecule has 0 fully saturated rings. The zero-order valence-corrected chi connectivity index (χ0v) is 10.2. The van der Waals surface area contributed by atoms with Crippen LogP contribution >= 0.6 is 0 Å². The lowest BCUT2D eigenvalue weighted by Crippen LogP contribution is -1.99. The van der Waals surface area contributed by atoms with E-state index in [0.717, 1.165) is 29.9 Å². The number of aryl methyl sites for hydroxylation is 1. The van der Waals surface area contributed by atoms with Crippen molar-refractivity contribution in [1.29, 1.82) is 0 Å². The van der Waals surface area contributed by atoms with Crippen molar-refractivity contribution < 1.29 is 14.3 Å². The fraction of sp³-hybridized carbons (Fsp3) is 0.500. The van der Waals surface area contributed by atoms with Gasteiger partial charge < -0.3 is 9.47 Å². The number of carbonyl (C=O) groups is 1. The van der Waals surface area contributed by atoms with E-state index in [1.807, 2.05) is 25.1 Å². The van der Waals surface area contributed by atoms with Crippen molar-refractivity contribution in [2.75, 3.05) is 13.2 Å². The molecular weight excluding hydrogens is 216 g/mol. The monoisotopic (exact) mass is 234 g/mol. The summed E-state index contributed by atoms with van der Waals surface area (Å²) < 4.78 is 11.2. The molecule has 0 aromatic heterocycles. The number of ether oxygens (including phenoxy) is 2. The largest absolute Gasteiger partial charge is 0.490 e. The smallest absolute Gasteiger partial charge is 0.161 e. The van der Waals surface area contributed by atoms with Gasteiger partial charge in [-0.3, -0.25) is 4.79 Å². The minimum Gasteiger partial charge on any atom is -0.490 e. The zero-order valence-electron chi connectivity index (χ0n) is 10.2. The normalized spacial score (nSPS) is 14.2. The first-order valence-corrected chi connectivity index (χ1v) is 6.20. The Morgan fingerprint density at radius 1 is 1.24 bits per heavy atom. The fourth-order valence-corrected chi connectivity index (χ4v) is 1.82. The summed E-state index contributed by atoms with van der Waals surface area (Å²) in [6, 6.07) is 5.94. The highest BCUT2D eigenvalue weighted by Gasteiger charge is 2.10. The quantitative estimate of drug-likeness (QED) is 0.803. The van der Waals surface area contributed by atoms with Crippen LogP contribution in [0.15, 0.2) is 18.2 Å². The second-order valence-electron chi connectivity index (χ2n) is 4.22. The van der Waals surface area contributed by atoms with Crippen LogP contribution < -0.4 is 9.47 Å². The summed E-state index contributed by atoms with van der Waals surface area (Å²) in [4.78, 5) is 11.3. The Morgan fingerprint density at radius 2 is 2.00 bits per heavy atom. The van der Waals surface area contributed by atoms with Gasteiger partial charge in [-0.15, -0.1) is 0 Å². The molecule has 0 atom stereocenters. The molecule has 17 heavy (non-hydrogen) atoms. The van der Waals surface area contributed by atoms with Gasteiger partial charge in [0, 0.05) is 19.3 Å². The highest BCUT2D eigenvalue weighted by atomic mass is 16.5. The number of carbonyl (C=O) groups excluding carboxylic acids is 1. The third kappa shape index (κ3) is 3.22. The number of benzene rings is 1. The predicted octanol–water partition coefficient (Wildman–Crippen LogP) is 2.76. The molecule has 0 N–H and O–H groups in total. The molecule has 3 nitrogen and oxygen atoms in total. The lowest BCUT2D eigenvalue weighted by molar-refractivity contribution is -0.118. The molecule has 92 valence electrons. The Morgan fingerprint density at radius 3 is 2.76 bits per heavy atom. The van der Waals surface area contributed by atoms with Crippen LogP contribution in [0.4, 0.5) is 0 Å². The first kappa shape index (κ1) is 12.0. The third-order valence-electron chi connectivity index (χ3n) is 2.90. The highest BCUT2D eigenvalue weighted by Crippen LogP contribution is 2.30. The van der Waals surface area contributed by atoms with Crippen molar-refractivity contribution in [3.05, 3.63) is 23.8 Å². The molecule has 0 spiro atoms. The number of hydrogen-bond donors (Lipinski definition) is 0. The van der Waals surface area contributed by atoms with E-state index in [1.165, 1.54) is 0 Å². The van der Waals surface area contributed by atoms with E-state index in [2.05, 4.69) is 0 Å². The molecule has 0 amide bonds.